The minimum atomic E-state index is 0.508. The molecule has 7 nitrogen and oxygen atoms in total. The van der Waals surface area contributed by atoms with E-state index in [4.69, 9.17) is 4.74 Å². The predicted octanol–water partition coefficient (Wildman–Crippen LogP) is 4.20. The normalized spacial score (nSPS) is 25.8. The smallest absolute Gasteiger partial charge is 0.149 e. The van der Waals surface area contributed by atoms with Crippen LogP contribution in [0.2, 0.25) is 0 Å². The lowest BCUT2D eigenvalue weighted by Gasteiger charge is -2.27. The van der Waals surface area contributed by atoms with Crippen molar-refractivity contribution < 1.29 is 4.74 Å². The van der Waals surface area contributed by atoms with Gasteiger partial charge in [-0.1, -0.05) is 6.07 Å². The summed E-state index contributed by atoms with van der Waals surface area (Å²) in [6.45, 7) is 9.99. The van der Waals surface area contributed by atoms with Crippen molar-refractivity contribution in [3.05, 3.63) is 35.5 Å². The van der Waals surface area contributed by atoms with Crippen LogP contribution in [0.15, 0.2) is 24.4 Å². The zero-order valence-electron chi connectivity index (χ0n) is 20.6. The molecular weight excluding hydrogens is 424 g/mol. The van der Waals surface area contributed by atoms with Crippen molar-refractivity contribution in [1.29, 1.82) is 0 Å². The largest absolute Gasteiger partial charge is 0.381 e. The molecule has 3 fully saturated rings. The molecule has 6 rings (SSSR count). The first kappa shape index (κ1) is 22.0. The number of nitrogens with zero attached hydrogens (tertiary/aromatic N) is 5. The van der Waals surface area contributed by atoms with E-state index in [1.165, 1.54) is 56.3 Å². The molecule has 2 aromatic heterocycles. The highest BCUT2D eigenvalue weighted by Crippen LogP contribution is 2.40. The van der Waals surface area contributed by atoms with Crippen LogP contribution < -0.4 is 5.32 Å². The van der Waals surface area contributed by atoms with Gasteiger partial charge in [0.05, 0.1) is 11.2 Å². The van der Waals surface area contributed by atoms with Gasteiger partial charge >= 0.3 is 0 Å². The summed E-state index contributed by atoms with van der Waals surface area (Å²) in [4.78, 5) is 2.72. The maximum atomic E-state index is 5.53. The number of rotatable bonds is 5. The molecule has 0 bridgehead atoms. The molecule has 3 atom stereocenters. The Hall–Kier alpha value is -2.51. The molecule has 0 spiro atoms. The zero-order valence-corrected chi connectivity index (χ0v) is 20.6. The fraction of sp³-hybridized carbons (Fsp3) is 0.593. The van der Waals surface area contributed by atoms with Crippen LogP contribution in [0.3, 0.4) is 0 Å². The van der Waals surface area contributed by atoms with E-state index in [0.29, 0.717) is 6.04 Å². The molecule has 1 aliphatic carbocycles. The van der Waals surface area contributed by atoms with Crippen molar-refractivity contribution in [3.8, 4) is 11.3 Å². The molecule has 0 radical (unpaired) electrons. The number of hydrogen-bond acceptors (Lipinski definition) is 6. The van der Waals surface area contributed by atoms with Gasteiger partial charge in [-0.15, -0.1) is 10.2 Å². The molecule has 34 heavy (non-hydrogen) atoms. The zero-order chi connectivity index (χ0) is 23.2. The third kappa shape index (κ3) is 4.20. The molecule has 1 aromatic carbocycles. The Morgan fingerprint density at radius 1 is 1.06 bits per heavy atom. The summed E-state index contributed by atoms with van der Waals surface area (Å²) in [6.07, 6.45) is 7.04. The average Bonchev–Trinajstić information content (AvgIpc) is 3.48. The minimum Gasteiger partial charge on any atom is -0.381 e. The van der Waals surface area contributed by atoms with E-state index in [9.17, 15) is 0 Å². The number of aryl methyl sites for hydroxylation is 3. The van der Waals surface area contributed by atoms with Crippen LogP contribution in [0.1, 0.15) is 36.8 Å². The summed E-state index contributed by atoms with van der Waals surface area (Å²) in [7, 11) is 1.96. The monoisotopic (exact) mass is 460 g/mol. The summed E-state index contributed by atoms with van der Waals surface area (Å²) in [5.41, 5.74) is 5.48. The van der Waals surface area contributed by atoms with Crippen molar-refractivity contribution in [2.75, 3.05) is 38.2 Å². The Morgan fingerprint density at radius 2 is 1.82 bits per heavy atom. The van der Waals surface area contributed by atoms with E-state index in [0.717, 1.165) is 59.1 Å². The van der Waals surface area contributed by atoms with Gasteiger partial charge in [-0.05, 0) is 80.5 Å². The van der Waals surface area contributed by atoms with Crippen molar-refractivity contribution in [1.82, 2.24) is 24.9 Å². The van der Waals surface area contributed by atoms with Gasteiger partial charge in [0.1, 0.15) is 5.82 Å². The molecular formula is C27H36N6O. The van der Waals surface area contributed by atoms with Crippen molar-refractivity contribution in [3.63, 3.8) is 0 Å². The third-order valence-electron chi connectivity index (χ3n) is 8.35. The maximum Gasteiger partial charge on any atom is 0.149 e. The lowest BCUT2D eigenvalue weighted by molar-refractivity contribution is 0.0545. The van der Waals surface area contributed by atoms with Crippen molar-refractivity contribution in [2.45, 2.75) is 45.6 Å². The second kappa shape index (κ2) is 8.93. The lowest BCUT2D eigenvalue weighted by atomic mass is 9.99. The van der Waals surface area contributed by atoms with Crippen LogP contribution in [0.25, 0.3) is 22.2 Å². The molecule has 3 aromatic rings. The Kier molecular flexibility index (Phi) is 5.77. The van der Waals surface area contributed by atoms with Crippen LogP contribution in [-0.2, 0) is 11.8 Å². The van der Waals surface area contributed by atoms with Crippen LogP contribution in [0.4, 0.5) is 5.82 Å². The fourth-order valence-electron chi connectivity index (χ4n) is 6.60. The fourth-order valence-corrected chi connectivity index (χ4v) is 6.60. The van der Waals surface area contributed by atoms with E-state index in [1.807, 2.05) is 11.7 Å². The first-order chi connectivity index (χ1) is 16.5. The van der Waals surface area contributed by atoms with Gasteiger partial charge in [0.25, 0.3) is 0 Å². The summed E-state index contributed by atoms with van der Waals surface area (Å²) in [6, 6.07) is 6.88. The Morgan fingerprint density at radius 3 is 2.56 bits per heavy atom. The molecule has 1 saturated carbocycles. The van der Waals surface area contributed by atoms with Crippen LogP contribution in [0.5, 0.6) is 0 Å². The molecule has 180 valence electrons. The van der Waals surface area contributed by atoms with E-state index in [2.05, 4.69) is 63.8 Å². The standard InChI is InChI=1S/C27H36N6O/c1-17-10-26(29-30-27(17)23-4-5-25-24(18(23)2)16-32(3)31-25)28-22-11-20-14-33(15-21(20)12-22)13-19-6-8-34-9-7-19/h4-5,10,16,19-22H,6-9,11-15H2,1-3H3,(H,28,29)/t20-,21+,22?. The topological polar surface area (TPSA) is 68.1 Å². The third-order valence-corrected chi connectivity index (χ3v) is 8.35. The molecule has 7 heteroatoms. The molecule has 1 unspecified atom stereocenters. The first-order valence-electron chi connectivity index (χ1n) is 12.9. The van der Waals surface area contributed by atoms with Gasteiger partial charge in [-0.3, -0.25) is 4.68 Å². The summed E-state index contributed by atoms with van der Waals surface area (Å²) in [5, 5.41) is 18.7. The van der Waals surface area contributed by atoms with Crippen molar-refractivity contribution in [2.24, 2.45) is 24.8 Å². The average molecular weight is 461 g/mol. The van der Waals surface area contributed by atoms with Gasteiger partial charge in [0.15, 0.2) is 0 Å². The molecule has 2 saturated heterocycles. The van der Waals surface area contributed by atoms with Gasteiger partial charge < -0.3 is 15.0 Å². The highest BCUT2D eigenvalue weighted by Gasteiger charge is 2.41. The quantitative estimate of drug-likeness (QED) is 0.616. The molecule has 3 aliphatic rings. The SMILES string of the molecule is Cc1cc(NC2C[C@@H]3CN(CC4CCOCC4)C[C@@H]3C2)nnc1-c1ccc2nn(C)cc2c1C. The van der Waals surface area contributed by atoms with Crippen molar-refractivity contribution >= 4 is 16.7 Å². The number of hydrogen-bond donors (Lipinski definition) is 1. The number of likely N-dealkylation sites (tertiary alicyclic amines) is 1. The van der Waals surface area contributed by atoms with E-state index < -0.39 is 0 Å². The van der Waals surface area contributed by atoms with E-state index in [1.54, 1.807) is 0 Å². The number of nitrogens with one attached hydrogen (secondary N) is 1. The second-order valence-corrected chi connectivity index (χ2v) is 10.8. The summed E-state index contributed by atoms with van der Waals surface area (Å²) < 4.78 is 7.40. The number of ether oxygens (including phenoxy) is 1. The Labute approximate surface area is 201 Å². The molecule has 0 amide bonds. The highest BCUT2D eigenvalue weighted by atomic mass is 16.5. The molecule has 2 aliphatic heterocycles. The second-order valence-electron chi connectivity index (χ2n) is 10.8. The molecule has 4 heterocycles. The lowest BCUT2D eigenvalue weighted by Crippen LogP contribution is -2.32. The molecule has 1 N–H and O–H groups in total. The number of fused-ring (bicyclic) bond motifs is 2. The van der Waals surface area contributed by atoms with Crippen LogP contribution in [0, 0.1) is 31.6 Å². The Bertz CT molecular complexity index is 1170. The van der Waals surface area contributed by atoms with Crippen LogP contribution >= 0.6 is 0 Å². The predicted molar refractivity (Wildman–Crippen MR) is 135 cm³/mol. The highest BCUT2D eigenvalue weighted by molar-refractivity contribution is 5.88. The maximum absolute atomic E-state index is 5.53. The summed E-state index contributed by atoms with van der Waals surface area (Å²) in [5.74, 6) is 3.38. The number of anilines is 1. The van der Waals surface area contributed by atoms with Gasteiger partial charge in [0, 0.05) is 63.1 Å². The first-order valence-corrected chi connectivity index (χ1v) is 12.9. The number of aromatic nitrogens is 4. The Balaban J connectivity index is 1.09. The summed E-state index contributed by atoms with van der Waals surface area (Å²) >= 11 is 0. The minimum absolute atomic E-state index is 0.508. The van der Waals surface area contributed by atoms with Gasteiger partial charge in [0.2, 0.25) is 0 Å². The van der Waals surface area contributed by atoms with Crippen LogP contribution in [-0.4, -0.2) is 63.8 Å². The van der Waals surface area contributed by atoms with Gasteiger partial charge in [-0.25, -0.2) is 0 Å². The van der Waals surface area contributed by atoms with Gasteiger partial charge in [-0.2, -0.15) is 5.10 Å². The van der Waals surface area contributed by atoms with E-state index >= 15 is 0 Å². The van der Waals surface area contributed by atoms with E-state index in [-0.39, 0.29) is 0 Å². The number of benzene rings is 1.